The largest absolute Gasteiger partial charge is 0.461 e. The van der Waals surface area contributed by atoms with Gasteiger partial charge in [-0.15, -0.1) is 0 Å². The van der Waals surface area contributed by atoms with Crippen molar-refractivity contribution in [3.8, 4) is 0 Å². The van der Waals surface area contributed by atoms with Crippen molar-refractivity contribution >= 4 is 5.78 Å². The molecule has 18 heavy (non-hydrogen) atoms. The van der Waals surface area contributed by atoms with Gasteiger partial charge in [0.05, 0.1) is 11.8 Å². The molecule has 0 fully saturated rings. The highest BCUT2D eigenvalue weighted by molar-refractivity contribution is 6.07. The van der Waals surface area contributed by atoms with Gasteiger partial charge < -0.3 is 4.42 Å². The van der Waals surface area contributed by atoms with Crippen LogP contribution in [0.1, 0.15) is 21.7 Å². The van der Waals surface area contributed by atoms with E-state index in [9.17, 15) is 22.4 Å². The van der Waals surface area contributed by atoms with Crippen molar-refractivity contribution in [2.45, 2.75) is 6.18 Å². The van der Waals surface area contributed by atoms with Crippen molar-refractivity contribution < 1.29 is 26.8 Å². The van der Waals surface area contributed by atoms with E-state index in [4.69, 9.17) is 4.42 Å². The first-order valence-electron chi connectivity index (χ1n) is 4.84. The Morgan fingerprint density at radius 3 is 2.39 bits per heavy atom. The van der Waals surface area contributed by atoms with Crippen LogP contribution in [0.5, 0.6) is 0 Å². The summed E-state index contributed by atoms with van der Waals surface area (Å²) >= 11 is 0. The molecule has 0 atom stereocenters. The molecule has 0 spiro atoms. The van der Waals surface area contributed by atoms with E-state index in [-0.39, 0.29) is 11.3 Å². The van der Waals surface area contributed by atoms with Crippen LogP contribution in [0, 0.1) is 5.82 Å². The van der Waals surface area contributed by atoms with E-state index in [1.54, 1.807) is 0 Å². The van der Waals surface area contributed by atoms with Gasteiger partial charge in [0.2, 0.25) is 5.78 Å². The Morgan fingerprint density at radius 2 is 1.89 bits per heavy atom. The zero-order chi connectivity index (χ0) is 13.3. The number of rotatable bonds is 2. The van der Waals surface area contributed by atoms with Gasteiger partial charge in [-0.25, -0.2) is 4.39 Å². The van der Waals surface area contributed by atoms with Gasteiger partial charge in [0.15, 0.2) is 5.76 Å². The lowest BCUT2D eigenvalue weighted by Gasteiger charge is -2.08. The summed E-state index contributed by atoms with van der Waals surface area (Å²) in [6.07, 6.45) is -3.54. The lowest BCUT2D eigenvalue weighted by atomic mass is 10.1. The molecule has 1 heterocycles. The van der Waals surface area contributed by atoms with Gasteiger partial charge in [-0.3, -0.25) is 4.79 Å². The van der Waals surface area contributed by atoms with Crippen molar-refractivity contribution in [3.05, 3.63) is 59.3 Å². The first-order chi connectivity index (χ1) is 8.39. The average Bonchev–Trinajstić information content (AvgIpc) is 2.79. The van der Waals surface area contributed by atoms with Crippen molar-refractivity contribution in [1.82, 2.24) is 0 Å². The molecular formula is C12H6F4O2. The van der Waals surface area contributed by atoms with Crippen LogP contribution in [0.2, 0.25) is 0 Å². The van der Waals surface area contributed by atoms with E-state index in [1.165, 1.54) is 18.4 Å². The molecule has 1 aromatic heterocycles. The summed E-state index contributed by atoms with van der Waals surface area (Å²) in [6.45, 7) is 0. The third-order valence-corrected chi connectivity index (χ3v) is 2.28. The van der Waals surface area contributed by atoms with Crippen molar-refractivity contribution in [2.24, 2.45) is 0 Å². The summed E-state index contributed by atoms with van der Waals surface area (Å²) in [6, 6.07) is 4.79. The van der Waals surface area contributed by atoms with Crippen LogP contribution in [-0.4, -0.2) is 5.78 Å². The Labute approximate surface area is 98.8 Å². The van der Waals surface area contributed by atoms with Crippen LogP contribution in [0.25, 0.3) is 0 Å². The molecule has 94 valence electrons. The Kier molecular flexibility index (Phi) is 2.94. The molecular weight excluding hydrogens is 252 g/mol. The van der Waals surface area contributed by atoms with Crippen molar-refractivity contribution in [3.63, 3.8) is 0 Å². The van der Waals surface area contributed by atoms with Crippen LogP contribution >= 0.6 is 0 Å². The van der Waals surface area contributed by atoms with Crippen LogP contribution in [0.15, 0.2) is 41.0 Å². The van der Waals surface area contributed by atoms with E-state index in [0.717, 1.165) is 6.07 Å². The van der Waals surface area contributed by atoms with E-state index < -0.39 is 23.3 Å². The second-order valence-corrected chi connectivity index (χ2v) is 3.50. The van der Waals surface area contributed by atoms with Crippen LogP contribution in [0.3, 0.4) is 0 Å². The smallest absolute Gasteiger partial charge is 0.419 e. The predicted molar refractivity (Wildman–Crippen MR) is 53.5 cm³/mol. The molecule has 2 rings (SSSR count). The molecule has 0 radical (unpaired) electrons. The molecule has 0 amide bonds. The van der Waals surface area contributed by atoms with Gasteiger partial charge in [0.25, 0.3) is 0 Å². The maximum atomic E-state index is 13.2. The highest BCUT2D eigenvalue weighted by Gasteiger charge is 2.34. The fraction of sp³-hybridized carbons (Fsp3) is 0.0833. The zero-order valence-corrected chi connectivity index (χ0v) is 8.79. The molecule has 2 aromatic rings. The minimum Gasteiger partial charge on any atom is -0.461 e. The number of hydrogen-bond acceptors (Lipinski definition) is 2. The predicted octanol–water partition coefficient (Wildman–Crippen LogP) is 3.67. The number of benzene rings is 1. The molecule has 0 N–H and O–H groups in total. The second kappa shape index (κ2) is 4.29. The summed E-state index contributed by atoms with van der Waals surface area (Å²) in [4.78, 5) is 11.7. The van der Waals surface area contributed by atoms with Gasteiger partial charge >= 0.3 is 6.18 Å². The number of hydrogen-bond donors (Lipinski definition) is 0. The number of carbonyl (C=O) groups excluding carboxylic acids is 1. The summed E-state index contributed by atoms with van der Waals surface area (Å²) in [5.41, 5.74) is -1.60. The monoisotopic (exact) mass is 258 g/mol. The number of ketones is 1. The highest BCUT2D eigenvalue weighted by Crippen LogP contribution is 2.31. The normalized spacial score (nSPS) is 11.6. The van der Waals surface area contributed by atoms with Crippen molar-refractivity contribution in [2.75, 3.05) is 0 Å². The minimum atomic E-state index is -4.78. The van der Waals surface area contributed by atoms with Gasteiger partial charge in [0, 0.05) is 5.56 Å². The Bertz CT molecular complexity index is 570. The number of alkyl halides is 3. The molecule has 0 saturated carbocycles. The Morgan fingerprint density at radius 1 is 1.17 bits per heavy atom. The molecule has 0 aliphatic carbocycles. The number of halogens is 4. The summed E-state index contributed by atoms with van der Waals surface area (Å²) in [5.74, 6) is -2.22. The number of furan rings is 1. The third-order valence-electron chi connectivity index (χ3n) is 2.28. The molecule has 0 bridgehead atoms. The molecule has 6 heteroatoms. The minimum absolute atomic E-state index is 0.0610. The van der Waals surface area contributed by atoms with Gasteiger partial charge in [0.1, 0.15) is 5.82 Å². The topological polar surface area (TPSA) is 30.2 Å². The second-order valence-electron chi connectivity index (χ2n) is 3.50. The fourth-order valence-corrected chi connectivity index (χ4v) is 1.44. The van der Waals surface area contributed by atoms with Crippen LogP contribution in [-0.2, 0) is 6.18 Å². The van der Waals surface area contributed by atoms with E-state index >= 15 is 0 Å². The van der Waals surface area contributed by atoms with E-state index in [0.29, 0.717) is 12.1 Å². The summed E-state index contributed by atoms with van der Waals surface area (Å²) in [5, 5.41) is 0. The maximum Gasteiger partial charge on any atom is 0.419 e. The van der Waals surface area contributed by atoms with E-state index in [1.807, 2.05) is 0 Å². The first-order valence-corrected chi connectivity index (χ1v) is 4.84. The van der Waals surface area contributed by atoms with Crippen molar-refractivity contribution in [1.29, 1.82) is 0 Å². The van der Waals surface area contributed by atoms with Gasteiger partial charge in [-0.05, 0) is 24.3 Å². The van der Waals surface area contributed by atoms with Gasteiger partial charge in [-0.2, -0.15) is 13.2 Å². The Balaban J connectivity index is 2.38. The van der Waals surface area contributed by atoms with E-state index in [2.05, 4.69) is 0 Å². The molecule has 1 aromatic carbocycles. The molecule has 0 aliphatic rings. The standard InChI is InChI=1S/C12H6F4O2/c13-9-6-7(3-4-8(9)12(14,15)16)11(17)10-2-1-5-18-10/h1-6H. The fourth-order valence-electron chi connectivity index (χ4n) is 1.44. The summed E-state index contributed by atoms with van der Waals surface area (Å²) in [7, 11) is 0. The Hall–Kier alpha value is -2.11. The quantitative estimate of drug-likeness (QED) is 0.607. The summed E-state index contributed by atoms with van der Waals surface area (Å²) < 4.78 is 55.0. The molecule has 2 nitrogen and oxygen atoms in total. The third kappa shape index (κ3) is 2.27. The zero-order valence-electron chi connectivity index (χ0n) is 8.79. The SMILES string of the molecule is O=C(c1ccc(C(F)(F)F)c(F)c1)c1ccco1. The number of carbonyl (C=O) groups is 1. The lowest BCUT2D eigenvalue weighted by molar-refractivity contribution is -0.140. The molecule has 0 unspecified atom stereocenters. The lowest BCUT2D eigenvalue weighted by Crippen LogP contribution is -2.09. The molecule has 0 saturated heterocycles. The van der Waals surface area contributed by atoms with Crippen LogP contribution < -0.4 is 0 Å². The highest BCUT2D eigenvalue weighted by atomic mass is 19.4. The maximum absolute atomic E-state index is 13.2. The van der Waals surface area contributed by atoms with Gasteiger partial charge in [-0.1, -0.05) is 6.07 Å². The average molecular weight is 258 g/mol. The first kappa shape index (κ1) is 12.3. The van der Waals surface area contributed by atoms with Crippen LogP contribution in [0.4, 0.5) is 17.6 Å². The molecule has 0 aliphatic heterocycles.